The summed E-state index contributed by atoms with van der Waals surface area (Å²) in [6.07, 6.45) is 0. The third-order valence-corrected chi connectivity index (χ3v) is 20.8. The van der Waals surface area contributed by atoms with Crippen molar-refractivity contribution in [3.8, 4) is 63.4 Å². The molecule has 15 aromatic rings. The lowest BCUT2D eigenvalue weighted by atomic mass is 10.2. The summed E-state index contributed by atoms with van der Waals surface area (Å²) in [5.41, 5.74) is 32.9. The third kappa shape index (κ3) is 10.4. The molecule has 6 N–H and O–H groups in total. The molecule has 0 amide bonds. The summed E-state index contributed by atoms with van der Waals surface area (Å²) in [4.78, 5) is 28.6. The van der Waals surface area contributed by atoms with E-state index < -0.39 is 0 Å². The minimum Gasteiger partial charge on any atom is -0.399 e. The molecule has 6 heterocycles. The van der Waals surface area contributed by atoms with Crippen LogP contribution in [0.1, 0.15) is 0 Å². The Labute approximate surface area is 492 Å². The number of halogens is 2. The first-order valence-corrected chi connectivity index (χ1v) is 30.9. The summed E-state index contributed by atoms with van der Waals surface area (Å²) in [5.74, 6) is 0. The van der Waals surface area contributed by atoms with Crippen LogP contribution in [0.15, 0.2) is 188 Å². The zero-order chi connectivity index (χ0) is 52.1. The molecule has 6 aromatic heterocycles. The molecule has 17 heteroatoms. The molecule has 372 valence electrons. The Morgan fingerprint density at radius 3 is 0.974 bits per heavy atom. The Hall–Kier alpha value is -6.82. The highest BCUT2D eigenvalue weighted by Gasteiger charge is 2.15. The number of nitrogens with zero attached hydrogens (tertiary/aromatic N) is 6. The standard InChI is InChI=1S/2C20H12IN3S2.C20H13N3S2/c2*21-13-9-11(5-7-14(13)22)19-24-16-8-6-12(10-18(16)26-19)20-23-15-3-1-2-4-17(15)25-20;21-14-8-5-12(6-9-14)19-23-16-10-7-13(11-18(16)25-19)20-22-15-3-1-2-4-17(15)24-20/h2*1-10H,22H2;1-11H,21H2/i21-2;;. The highest BCUT2D eigenvalue weighted by molar-refractivity contribution is 14.1. The van der Waals surface area contributed by atoms with E-state index in [2.05, 4.69) is 167 Å². The first-order valence-electron chi connectivity index (χ1n) is 23.9. The van der Waals surface area contributed by atoms with E-state index in [9.17, 15) is 0 Å². The van der Waals surface area contributed by atoms with Crippen LogP contribution in [0.2, 0.25) is 0 Å². The van der Waals surface area contributed by atoms with E-state index >= 15 is 0 Å². The van der Waals surface area contributed by atoms with Crippen LogP contribution in [-0.4, -0.2) is 29.9 Å². The maximum absolute atomic E-state index is 5.93. The molecule has 0 aliphatic carbocycles. The van der Waals surface area contributed by atoms with Crippen molar-refractivity contribution in [3.05, 3.63) is 195 Å². The second-order valence-corrected chi connectivity index (χ2v) is 26.2. The van der Waals surface area contributed by atoms with Crippen LogP contribution >= 0.6 is 113 Å². The largest absolute Gasteiger partial charge is 0.399 e. The SMILES string of the molecule is Nc1ccc(-c2nc3ccc(-c4nc5ccccc5s4)cc3s2)cc1.Nc1ccc(-c2nc3ccc(-c4nc5ccccc5s4)cc3s2)cc1I.Nc1ccc(-c2nc3ccc(-c4nc5ccccc5s4)cc3s2)cc1[125I]. The van der Waals surface area contributed by atoms with Crippen LogP contribution in [0, 0.1) is 7.14 Å². The van der Waals surface area contributed by atoms with Gasteiger partial charge in [-0.05, 0) is 197 Å². The second kappa shape index (κ2) is 21.2. The van der Waals surface area contributed by atoms with Crippen molar-refractivity contribution in [1.29, 1.82) is 0 Å². The number of thiazole rings is 6. The fourth-order valence-electron chi connectivity index (χ4n) is 8.48. The van der Waals surface area contributed by atoms with Gasteiger partial charge in [-0.25, -0.2) is 29.9 Å². The van der Waals surface area contributed by atoms with Gasteiger partial charge in [0.15, 0.2) is 0 Å². The van der Waals surface area contributed by atoms with E-state index in [1.807, 2.05) is 66.7 Å². The molecule has 0 bridgehead atoms. The number of hydrogen-bond acceptors (Lipinski definition) is 15. The number of nitrogens with two attached hydrogens (primary N) is 3. The highest BCUT2D eigenvalue weighted by Crippen LogP contribution is 2.40. The van der Waals surface area contributed by atoms with Gasteiger partial charge in [0.2, 0.25) is 0 Å². The number of nitrogen functional groups attached to an aromatic ring is 3. The van der Waals surface area contributed by atoms with Crippen molar-refractivity contribution in [2.75, 3.05) is 17.2 Å². The molecular formula is C60H37I2N9S6. The minimum absolute atomic E-state index is 0.767. The van der Waals surface area contributed by atoms with Gasteiger partial charge in [-0.1, -0.05) is 36.4 Å². The van der Waals surface area contributed by atoms with Gasteiger partial charge in [0.05, 0.1) is 61.3 Å². The van der Waals surface area contributed by atoms with Crippen molar-refractivity contribution in [1.82, 2.24) is 29.9 Å². The van der Waals surface area contributed by atoms with Gasteiger partial charge in [-0.15, -0.1) is 68.0 Å². The van der Waals surface area contributed by atoms with Crippen LogP contribution in [-0.2, 0) is 0 Å². The van der Waals surface area contributed by atoms with E-state index in [4.69, 9.17) is 47.1 Å². The molecule has 0 atom stereocenters. The Bertz CT molecular complexity index is 4390. The quantitative estimate of drug-likeness (QED) is 0.109. The van der Waals surface area contributed by atoms with Crippen molar-refractivity contribution < 1.29 is 0 Å². The van der Waals surface area contributed by atoms with Gasteiger partial charge >= 0.3 is 0 Å². The van der Waals surface area contributed by atoms with Gasteiger partial charge in [0, 0.05) is 57.6 Å². The van der Waals surface area contributed by atoms with Gasteiger partial charge in [0.25, 0.3) is 0 Å². The Morgan fingerprint density at radius 2 is 0.597 bits per heavy atom. The zero-order valence-electron chi connectivity index (χ0n) is 40.0. The van der Waals surface area contributed by atoms with E-state index in [0.29, 0.717) is 0 Å². The van der Waals surface area contributed by atoms with Gasteiger partial charge in [-0.3, -0.25) is 0 Å². The first-order chi connectivity index (χ1) is 37.6. The molecule has 15 rings (SSSR count). The van der Waals surface area contributed by atoms with E-state index in [1.165, 1.54) is 28.2 Å². The Kier molecular flexibility index (Phi) is 13.7. The van der Waals surface area contributed by atoms with Crippen LogP contribution in [0.4, 0.5) is 17.1 Å². The van der Waals surface area contributed by atoms with E-state index in [0.717, 1.165) is 121 Å². The van der Waals surface area contributed by atoms with Crippen LogP contribution in [0.3, 0.4) is 0 Å². The molecule has 0 radical (unpaired) electrons. The Balaban J connectivity index is 0.000000110. The molecule has 0 unspecified atom stereocenters. The maximum atomic E-state index is 5.93. The maximum Gasteiger partial charge on any atom is 0.124 e. The molecule has 9 nitrogen and oxygen atoms in total. The van der Waals surface area contributed by atoms with E-state index in [1.54, 1.807) is 68.0 Å². The number of aromatic nitrogens is 6. The predicted molar refractivity (Wildman–Crippen MR) is 350 cm³/mol. The molecule has 9 aromatic carbocycles. The molecule has 0 saturated heterocycles. The summed E-state index contributed by atoms with van der Waals surface area (Å²) >= 11 is 14.8. The van der Waals surface area contributed by atoms with Gasteiger partial charge in [0.1, 0.15) is 30.0 Å². The number of anilines is 3. The highest BCUT2D eigenvalue weighted by atomic mass is 127. The smallest absolute Gasteiger partial charge is 0.124 e. The fourth-order valence-corrected chi connectivity index (χ4v) is 15.4. The molecular weight excluding hydrogens is 1290 g/mol. The average Bonchev–Trinajstić information content (AvgIpc) is 4.33. The van der Waals surface area contributed by atoms with Crippen molar-refractivity contribution in [2.45, 2.75) is 0 Å². The van der Waals surface area contributed by atoms with Crippen molar-refractivity contribution in [2.24, 2.45) is 0 Å². The summed E-state index contributed by atoms with van der Waals surface area (Å²) in [7, 11) is 0. The monoisotopic (exact) mass is 1330 g/mol. The lowest BCUT2D eigenvalue weighted by Gasteiger charge is -2.00. The molecule has 0 fully saturated rings. The van der Waals surface area contributed by atoms with Crippen LogP contribution < -0.4 is 17.2 Å². The van der Waals surface area contributed by atoms with E-state index in [-0.39, 0.29) is 0 Å². The predicted octanol–water partition coefficient (Wildman–Crippen LogP) is 18.7. The Morgan fingerprint density at radius 1 is 0.299 bits per heavy atom. The summed E-state index contributed by atoms with van der Waals surface area (Å²) in [5, 5.41) is 6.18. The molecule has 0 saturated carbocycles. The number of benzene rings is 9. The molecule has 0 spiro atoms. The first kappa shape index (κ1) is 49.7. The van der Waals surface area contributed by atoms with Crippen molar-refractivity contribution in [3.63, 3.8) is 0 Å². The fraction of sp³-hybridized carbons (Fsp3) is 0. The third-order valence-electron chi connectivity index (χ3n) is 12.4. The molecule has 77 heavy (non-hydrogen) atoms. The number of fused-ring (bicyclic) bond motifs is 6. The van der Waals surface area contributed by atoms with Crippen LogP contribution in [0.25, 0.3) is 125 Å². The summed E-state index contributed by atoms with van der Waals surface area (Å²) < 4.78 is 9.25. The van der Waals surface area contributed by atoms with Gasteiger partial charge in [-0.2, -0.15) is 0 Å². The minimum atomic E-state index is 0.767. The number of rotatable bonds is 6. The average molecular weight is 1330 g/mol. The lowest BCUT2D eigenvalue weighted by molar-refractivity contribution is 1.46. The molecule has 0 aliphatic rings. The van der Waals surface area contributed by atoms with Crippen molar-refractivity contribution >= 4 is 192 Å². The van der Waals surface area contributed by atoms with Crippen LogP contribution in [0.5, 0.6) is 0 Å². The number of para-hydroxylation sites is 3. The summed E-state index contributed by atoms with van der Waals surface area (Å²) in [6.45, 7) is 0. The lowest BCUT2D eigenvalue weighted by Crippen LogP contribution is -1.88. The number of hydrogen-bond donors (Lipinski definition) is 3. The summed E-state index contributed by atoms with van der Waals surface area (Å²) in [6, 6.07) is 63.8. The topological polar surface area (TPSA) is 155 Å². The zero-order valence-corrected chi connectivity index (χ0v) is 49.2. The second-order valence-electron chi connectivity index (χ2n) is 17.7. The normalized spacial score (nSPS) is 11.4. The molecule has 0 aliphatic heterocycles. The van der Waals surface area contributed by atoms with Gasteiger partial charge < -0.3 is 17.2 Å².